The summed E-state index contributed by atoms with van der Waals surface area (Å²) in [5.41, 5.74) is 0. The maximum atomic E-state index is 9.63. The van der Waals surface area contributed by atoms with Gasteiger partial charge in [0.1, 0.15) is 0 Å². The van der Waals surface area contributed by atoms with Crippen molar-refractivity contribution in [1.29, 1.82) is 0 Å². The average molecular weight is 254 g/mol. The third-order valence-electron chi connectivity index (χ3n) is 4.53. The first kappa shape index (κ1) is 14.3. The van der Waals surface area contributed by atoms with Crippen molar-refractivity contribution in [3.8, 4) is 0 Å². The van der Waals surface area contributed by atoms with E-state index in [0.717, 1.165) is 31.7 Å². The summed E-state index contributed by atoms with van der Waals surface area (Å²) >= 11 is 0. The van der Waals surface area contributed by atoms with Crippen LogP contribution < -0.4 is 5.32 Å². The Morgan fingerprint density at radius 3 is 2.33 bits per heavy atom. The molecule has 2 aliphatic carbocycles. The third-order valence-corrected chi connectivity index (χ3v) is 4.53. The minimum absolute atomic E-state index is 0.197. The van der Waals surface area contributed by atoms with Crippen molar-refractivity contribution < 1.29 is 5.11 Å². The van der Waals surface area contributed by atoms with E-state index in [9.17, 15) is 5.11 Å². The van der Waals surface area contributed by atoms with E-state index in [1.165, 1.54) is 51.4 Å². The maximum absolute atomic E-state index is 9.63. The number of aliphatic hydroxyl groups excluding tert-OH is 1. The molecule has 0 bridgehead atoms. The zero-order valence-corrected chi connectivity index (χ0v) is 11.9. The molecule has 0 saturated heterocycles. The topological polar surface area (TPSA) is 35.5 Å². The molecule has 0 aromatic heterocycles. The number of aliphatic hydroxyl groups is 1. The second kappa shape index (κ2) is 7.46. The Balaban J connectivity index is 1.69. The van der Waals surface area contributed by atoms with Gasteiger partial charge in [-0.2, -0.15) is 0 Å². The van der Waals surface area contributed by atoms with Gasteiger partial charge >= 0.3 is 0 Å². The molecule has 0 heterocycles. The molecule has 0 aliphatic heterocycles. The fraction of sp³-hybridized carbons (Fsp3) is 1.00. The molecule has 106 valence electrons. The number of rotatable bonds is 7. The molecule has 2 N–H and O–H groups in total. The van der Waals surface area contributed by atoms with Crippen molar-refractivity contribution in [2.75, 3.05) is 19.6 Å². The Hall–Kier alpha value is -0.120. The summed E-state index contributed by atoms with van der Waals surface area (Å²) in [7, 11) is 0. The van der Waals surface area contributed by atoms with E-state index >= 15 is 0 Å². The summed E-state index contributed by atoms with van der Waals surface area (Å²) in [6.07, 6.45) is 10.7. The molecule has 1 atom stereocenters. The predicted octanol–water partition coefficient (Wildman–Crippen LogP) is 2.14. The zero-order chi connectivity index (χ0) is 12.8. The molecule has 0 aromatic rings. The molecule has 0 aromatic carbocycles. The fourth-order valence-electron chi connectivity index (χ4n) is 3.57. The summed E-state index contributed by atoms with van der Waals surface area (Å²) in [4.78, 5) is 2.51. The summed E-state index contributed by atoms with van der Waals surface area (Å²) in [6, 6.07) is 1.49. The van der Waals surface area contributed by atoms with Crippen molar-refractivity contribution >= 4 is 0 Å². The monoisotopic (exact) mass is 254 g/mol. The largest absolute Gasteiger partial charge is 0.392 e. The molecule has 0 amide bonds. The number of hydrogen-bond acceptors (Lipinski definition) is 3. The SMILES string of the molecule is CC(O)CN(CCNC1CCCC1)C1CCCC1. The Morgan fingerprint density at radius 2 is 1.72 bits per heavy atom. The Labute approximate surface area is 112 Å². The van der Waals surface area contributed by atoms with Crippen LogP contribution in [0.5, 0.6) is 0 Å². The molecular formula is C15H30N2O. The summed E-state index contributed by atoms with van der Waals surface area (Å²) in [5.74, 6) is 0. The lowest BCUT2D eigenvalue weighted by atomic mass is 10.2. The highest BCUT2D eigenvalue weighted by atomic mass is 16.3. The van der Waals surface area contributed by atoms with Gasteiger partial charge in [-0.05, 0) is 32.6 Å². The van der Waals surface area contributed by atoms with Crippen molar-refractivity contribution in [2.45, 2.75) is 76.5 Å². The molecule has 1 unspecified atom stereocenters. The molecule has 0 radical (unpaired) electrons. The van der Waals surface area contributed by atoms with E-state index in [0.29, 0.717) is 0 Å². The predicted molar refractivity (Wildman–Crippen MR) is 75.8 cm³/mol. The summed E-state index contributed by atoms with van der Waals surface area (Å²) in [6.45, 7) is 4.95. The van der Waals surface area contributed by atoms with E-state index in [2.05, 4.69) is 10.2 Å². The quantitative estimate of drug-likeness (QED) is 0.731. The molecule has 2 rings (SSSR count). The van der Waals surface area contributed by atoms with Crippen LogP contribution in [-0.2, 0) is 0 Å². The highest BCUT2D eigenvalue weighted by Crippen LogP contribution is 2.23. The second-order valence-electron chi connectivity index (χ2n) is 6.22. The molecule has 0 spiro atoms. The van der Waals surface area contributed by atoms with Crippen LogP contribution in [0.2, 0.25) is 0 Å². The standard InChI is InChI=1S/C15H30N2O/c1-13(18)12-17(15-8-4-5-9-15)11-10-16-14-6-2-3-7-14/h13-16,18H,2-12H2,1H3. The Kier molecular flexibility index (Phi) is 5.93. The van der Waals surface area contributed by atoms with E-state index < -0.39 is 0 Å². The molecule has 3 heteroatoms. The van der Waals surface area contributed by atoms with E-state index in [1.54, 1.807) is 0 Å². The van der Waals surface area contributed by atoms with Crippen molar-refractivity contribution in [1.82, 2.24) is 10.2 Å². The third kappa shape index (κ3) is 4.52. The van der Waals surface area contributed by atoms with E-state index in [-0.39, 0.29) is 6.10 Å². The number of nitrogens with one attached hydrogen (secondary N) is 1. The lowest BCUT2D eigenvalue weighted by Crippen LogP contribution is -2.43. The van der Waals surface area contributed by atoms with Crippen LogP contribution in [0.4, 0.5) is 0 Å². The molecule has 3 nitrogen and oxygen atoms in total. The first-order valence-corrected chi connectivity index (χ1v) is 7.91. The summed E-state index contributed by atoms with van der Waals surface area (Å²) < 4.78 is 0. The fourth-order valence-corrected chi connectivity index (χ4v) is 3.57. The lowest BCUT2D eigenvalue weighted by Gasteiger charge is -2.30. The lowest BCUT2D eigenvalue weighted by molar-refractivity contribution is 0.0989. The molecule has 18 heavy (non-hydrogen) atoms. The van der Waals surface area contributed by atoms with Gasteiger partial charge in [-0.25, -0.2) is 0 Å². The van der Waals surface area contributed by atoms with Crippen LogP contribution in [0, 0.1) is 0 Å². The maximum Gasteiger partial charge on any atom is 0.0639 e. The van der Waals surface area contributed by atoms with Crippen molar-refractivity contribution in [2.24, 2.45) is 0 Å². The van der Waals surface area contributed by atoms with Crippen LogP contribution in [0.15, 0.2) is 0 Å². The van der Waals surface area contributed by atoms with Gasteiger partial charge in [-0.3, -0.25) is 4.90 Å². The number of hydrogen-bond donors (Lipinski definition) is 2. The minimum Gasteiger partial charge on any atom is -0.392 e. The molecule has 2 saturated carbocycles. The van der Waals surface area contributed by atoms with E-state index in [1.807, 2.05) is 6.92 Å². The Bertz CT molecular complexity index is 221. The van der Waals surface area contributed by atoms with Crippen molar-refractivity contribution in [3.05, 3.63) is 0 Å². The van der Waals surface area contributed by atoms with Crippen LogP contribution in [0.1, 0.15) is 58.3 Å². The first-order chi connectivity index (χ1) is 8.75. The van der Waals surface area contributed by atoms with Gasteiger partial charge in [0, 0.05) is 31.7 Å². The van der Waals surface area contributed by atoms with Gasteiger partial charge in [0.05, 0.1) is 6.10 Å². The highest BCUT2D eigenvalue weighted by molar-refractivity contribution is 4.80. The van der Waals surface area contributed by atoms with Gasteiger partial charge in [0.15, 0.2) is 0 Å². The Morgan fingerprint density at radius 1 is 1.11 bits per heavy atom. The summed E-state index contributed by atoms with van der Waals surface area (Å²) in [5, 5.41) is 13.3. The molecular weight excluding hydrogens is 224 g/mol. The zero-order valence-electron chi connectivity index (χ0n) is 11.9. The minimum atomic E-state index is -0.197. The van der Waals surface area contributed by atoms with Gasteiger partial charge in [-0.1, -0.05) is 25.7 Å². The second-order valence-corrected chi connectivity index (χ2v) is 6.22. The van der Waals surface area contributed by atoms with Crippen LogP contribution >= 0.6 is 0 Å². The van der Waals surface area contributed by atoms with E-state index in [4.69, 9.17) is 0 Å². The van der Waals surface area contributed by atoms with Gasteiger partial charge in [-0.15, -0.1) is 0 Å². The number of nitrogens with zero attached hydrogens (tertiary/aromatic N) is 1. The van der Waals surface area contributed by atoms with Crippen LogP contribution in [0.3, 0.4) is 0 Å². The van der Waals surface area contributed by atoms with Crippen molar-refractivity contribution in [3.63, 3.8) is 0 Å². The first-order valence-electron chi connectivity index (χ1n) is 7.91. The average Bonchev–Trinajstić information content (AvgIpc) is 3.00. The van der Waals surface area contributed by atoms with Gasteiger partial charge < -0.3 is 10.4 Å². The molecule has 2 aliphatic rings. The van der Waals surface area contributed by atoms with Crippen LogP contribution in [0.25, 0.3) is 0 Å². The van der Waals surface area contributed by atoms with Crippen LogP contribution in [-0.4, -0.2) is 47.8 Å². The smallest absolute Gasteiger partial charge is 0.0639 e. The van der Waals surface area contributed by atoms with Gasteiger partial charge in [0.25, 0.3) is 0 Å². The van der Waals surface area contributed by atoms with Gasteiger partial charge in [0.2, 0.25) is 0 Å². The normalized spacial score (nSPS) is 24.2. The molecule has 2 fully saturated rings. The highest BCUT2D eigenvalue weighted by Gasteiger charge is 2.23.